The van der Waals surface area contributed by atoms with Crippen molar-refractivity contribution in [2.45, 2.75) is 17.1 Å². The fraction of sp³-hybridized carbons (Fsp3) is 0.154. The number of anilines is 4. The number of nitrogen functional groups attached to an aromatic ring is 1. The molecule has 3 rings (SSSR count). The van der Waals surface area contributed by atoms with Gasteiger partial charge >= 0.3 is 0 Å². The van der Waals surface area contributed by atoms with E-state index in [9.17, 15) is 4.79 Å². The highest BCUT2D eigenvalue weighted by atomic mass is 32.2. The van der Waals surface area contributed by atoms with E-state index in [0.29, 0.717) is 11.8 Å². The van der Waals surface area contributed by atoms with Crippen molar-refractivity contribution in [1.82, 2.24) is 9.97 Å². The molecule has 1 atom stereocenters. The van der Waals surface area contributed by atoms with Gasteiger partial charge in [0.25, 0.3) is 0 Å². The molecule has 1 unspecified atom stereocenters. The van der Waals surface area contributed by atoms with Crippen molar-refractivity contribution < 1.29 is 4.79 Å². The van der Waals surface area contributed by atoms with Crippen LogP contribution in [0.15, 0.2) is 35.4 Å². The maximum Gasteiger partial charge on any atom is 0.237 e. The SMILES string of the molecule is CC1Sc2ccc(Nc3nccc(N)n3)cc2NC1=O. The third kappa shape index (κ3) is 2.53. The molecular weight excluding hydrogens is 274 g/mol. The summed E-state index contributed by atoms with van der Waals surface area (Å²) >= 11 is 1.55. The molecule has 0 aliphatic carbocycles. The van der Waals surface area contributed by atoms with E-state index in [0.717, 1.165) is 16.3 Å². The Morgan fingerprint density at radius 2 is 2.25 bits per heavy atom. The average Bonchev–Trinajstić information content (AvgIpc) is 2.40. The largest absolute Gasteiger partial charge is 0.384 e. The topological polar surface area (TPSA) is 92.9 Å². The minimum Gasteiger partial charge on any atom is -0.384 e. The van der Waals surface area contributed by atoms with E-state index in [1.54, 1.807) is 24.0 Å². The van der Waals surface area contributed by atoms with Gasteiger partial charge in [0.15, 0.2) is 0 Å². The number of fused-ring (bicyclic) bond motifs is 1. The number of hydrogen-bond acceptors (Lipinski definition) is 6. The Balaban J connectivity index is 1.86. The zero-order valence-corrected chi connectivity index (χ0v) is 11.6. The highest BCUT2D eigenvalue weighted by molar-refractivity contribution is 8.00. The van der Waals surface area contributed by atoms with Crippen LogP contribution in [0, 0.1) is 0 Å². The summed E-state index contributed by atoms with van der Waals surface area (Å²) in [6.07, 6.45) is 1.59. The summed E-state index contributed by atoms with van der Waals surface area (Å²) in [4.78, 5) is 20.9. The molecule has 2 aromatic rings. The van der Waals surface area contributed by atoms with Crippen LogP contribution < -0.4 is 16.4 Å². The maximum absolute atomic E-state index is 11.7. The molecule has 1 aromatic heterocycles. The van der Waals surface area contributed by atoms with Gasteiger partial charge in [0.2, 0.25) is 11.9 Å². The molecule has 1 aliphatic heterocycles. The minimum atomic E-state index is -0.0708. The van der Waals surface area contributed by atoms with Crippen LogP contribution in [-0.4, -0.2) is 21.1 Å². The van der Waals surface area contributed by atoms with E-state index in [1.807, 2.05) is 25.1 Å². The summed E-state index contributed by atoms with van der Waals surface area (Å²) in [5, 5.41) is 5.87. The van der Waals surface area contributed by atoms with Crippen molar-refractivity contribution in [1.29, 1.82) is 0 Å². The van der Waals surface area contributed by atoms with Gasteiger partial charge in [-0.1, -0.05) is 0 Å². The van der Waals surface area contributed by atoms with Crippen molar-refractivity contribution in [2.75, 3.05) is 16.4 Å². The maximum atomic E-state index is 11.7. The summed E-state index contributed by atoms with van der Waals surface area (Å²) in [7, 11) is 0. The van der Waals surface area contributed by atoms with Crippen LogP contribution in [0.5, 0.6) is 0 Å². The molecular formula is C13H13N5OS. The predicted molar refractivity (Wildman–Crippen MR) is 80.1 cm³/mol. The van der Waals surface area contributed by atoms with Gasteiger partial charge in [-0.2, -0.15) is 4.98 Å². The summed E-state index contributed by atoms with van der Waals surface area (Å²) in [6.45, 7) is 1.88. The monoisotopic (exact) mass is 287 g/mol. The lowest BCUT2D eigenvalue weighted by Gasteiger charge is -2.21. The van der Waals surface area contributed by atoms with E-state index in [-0.39, 0.29) is 11.2 Å². The normalized spacial score (nSPS) is 17.2. The lowest BCUT2D eigenvalue weighted by Crippen LogP contribution is -2.26. The molecule has 1 aliphatic rings. The molecule has 0 fully saturated rings. The molecule has 0 bridgehead atoms. The Hall–Kier alpha value is -2.28. The minimum absolute atomic E-state index is 0.0138. The molecule has 0 saturated carbocycles. The van der Waals surface area contributed by atoms with Gasteiger partial charge < -0.3 is 16.4 Å². The Labute approximate surface area is 120 Å². The number of amides is 1. The number of nitrogens with zero attached hydrogens (tertiary/aromatic N) is 2. The Bertz CT molecular complexity index is 676. The molecule has 4 N–H and O–H groups in total. The van der Waals surface area contributed by atoms with Crippen LogP contribution in [0.4, 0.5) is 23.1 Å². The molecule has 0 saturated heterocycles. The fourth-order valence-electron chi connectivity index (χ4n) is 1.85. The molecule has 1 amide bonds. The van der Waals surface area contributed by atoms with Crippen molar-refractivity contribution in [2.24, 2.45) is 0 Å². The van der Waals surface area contributed by atoms with Crippen molar-refractivity contribution in [3.63, 3.8) is 0 Å². The van der Waals surface area contributed by atoms with Crippen LogP contribution in [0.3, 0.4) is 0 Å². The van der Waals surface area contributed by atoms with Crippen molar-refractivity contribution in [3.05, 3.63) is 30.5 Å². The first kappa shape index (κ1) is 12.7. The van der Waals surface area contributed by atoms with Crippen molar-refractivity contribution in [3.8, 4) is 0 Å². The highest BCUT2D eigenvalue weighted by Gasteiger charge is 2.22. The lowest BCUT2D eigenvalue weighted by molar-refractivity contribution is -0.115. The fourth-order valence-corrected chi connectivity index (χ4v) is 2.78. The van der Waals surface area contributed by atoms with E-state index >= 15 is 0 Å². The van der Waals surface area contributed by atoms with Crippen LogP contribution in [0.2, 0.25) is 0 Å². The molecule has 0 radical (unpaired) electrons. The van der Waals surface area contributed by atoms with Gasteiger partial charge in [-0.3, -0.25) is 4.79 Å². The number of carbonyl (C=O) groups is 1. The predicted octanol–water partition coefficient (Wildman–Crippen LogP) is 2.24. The first-order valence-electron chi connectivity index (χ1n) is 6.09. The van der Waals surface area contributed by atoms with Crippen LogP contribution in [0.1, 0.15) is 6.92 Å². The first-order valence-corrected chi connectivity index (χ1v) is 6.97. The Morgan fingerprint density at radius 3 is 3.05 bits per heavy atom. The molecule has 0 spiro atoms. The molecule has 6 nitrogen and oxygen atoms in total. The zero-order chi connectivity index (χ0) is 14.1. The van der Waals surface area contributed by atoms with Crippen molar-refractivity contribution >= 4 is 40.8 Å². The number of rotatable bonds is 2. The standard InChI is InChI=1S/C13H13N5OS/c1-7-12(19)17-9-6-8(2-3-10(9)20-7)16-13-15-5-4-11(14)18-13/h2-7H,1H3,(H,17,19)(H3,14,15,16,18). The van der Waals surface area contributed by atoms with E-state index < -0.39 is 0 Å². The summed E-state index contributed by atoms with van der Waals surface area (Å²) in [6, 6.07) is 7.36. The Morgan fingerprint density at radius 1 is 1.40 bits per heavy atom. The third-order valence-corrected chi connectivity index (χ3v) is 4.02. The molecule has 1 aromatic carbocycles. The summed E-state index contributed by atoms with van der Waals surface area (Å²) < 4.78 is 0. The quantitative estimate of drug-likeness (QED) is 0.784. The molecule has 2 heterocycles. The van der Waals surface area contributed by atoms with Crippen LogP contribution >= 0.6 is 11.8 Å². The number of carbonyl (C=O) groups excluding carboxylic acids is 1. The smallest absolute Gasteiger partial charge is 0.237 e. The van der Waals surface area contributed by atoms with Gasteiger partial charge in [-0.05, 0) is 31.2 Å². The second-order valence-electron chi connectivity index (χ2n) is 4.39. The van der Waals surface area contributed by atoms with Gasteiger partial charge in [-0.15, -0.1) is 11.8 Å². The van der Waals surface area contributed by atoms with Crippen LogP contribution in [-0.2, 0) is 4.79 Å². The average molecular weight is 287 g/mol. The van der Waals surface area contributed by atoms with E-state index in [4.69, 9.17) is 5.73 Å². The van der Waals surface area contributed by atoms with Gasteiger partial charge in [0, 0.05) is 16.8 Å². The second kappa shape index (κ2) is 5.01. The van der Waals surface area contributed by atoms with Gasteiger partial charge in [-0.25, -0.2) is 4.98 Å². The number of nitrogens with one attached hydrogen (secondary N) is 2. The van der Waals surface area contributed by atoms with E-state index in [2.05, 4.69) is 20.6 Å². The lowest BCUT2D eigenvalue weighted by atomic mass is 10.2. The number of hydrogen-bond donors (Lipinski definition) is 3. The van der Waals surface area contributed by atoms with Gasteiger partial charge in [0.1, 0.15) is 5.82 Å². The molecule has 102 valence electrons. The number of thioether (sulfide) groups is 1. The first-order chi connectivity index (χ1) is 9.61. The van der Waals surface area contributed by atoms with E-state index in [1.165, 1.54) is 0 Å². The molecule has 20 heavy (non-hydrogen) atoms. The second-order valence-corrected chi connectivity index (χ2v) is 5.77. The summed E-state index contributed by atoms with van der Waals surface area (Å²) in [5.41, 5.74) is 7.20. The van der Waals surface area contributed by atoms with Crippen LogP contribution in [0.25, 0.3) is 0 Å². The third-order valence-electron chi connectivity index (χ3n) is 2.84. The summed E-state index contributed by atoms with van der Waals surface area (Å²) in [5.74, 6) is 0.839. The van der Waals surface area contributed by atoms with Gasteiger partial charge in [0.05, 0.1) is 10.9 Å². The molecule has 7 heteroatoms. The number of benzene rings is 1. The highest BCUT2D eigenvalue weighted by Crippen LogP contribution is 2.37. The number of nitrogens with two attached hydrogens (primary N) is 1. The Kier molecular flexibility index (Phi) is 3.19. The zero-order valence-electron chi connectivity index (χ0n) is 10.8. The number of aromatic nitrogens is 2.